The summed E-state index contributed by atoms with van der Waals surface area (Å²) < 4.78 is 35.1. The molecule has 6 heteroatoms. The third-order valence-electron chi connectivity index (χ3n) is 3.65. The molecule has 0 aromatic heterocycles. The van der Waals surface area contributed by atoms with E-state index in [0.717, 1.165) is 0 Å². The molecule has 0 saturated carbocycles. The van der Waals surface area contributed by atoms with Gasteiger partial charge in [-0.1, -0.05) is 26.0 Å². The van der Waals surface area contributed by atoms with E-state index in [0.29, 0.717) is 43.9 Å². The van der Waals surface area contributed by atoms with Crippen molar-refractivity contribution in [3.05, 3.63) is 23.8 Å². The van der Waals surface area contributed by atoms with Crippen molar-refractivity contribution in [2.45, 2.75) is 52.4 Å². The number of rotatable bonds is 10. The van der Waals surface area contributed by atoms with Crippen LogP contribution in [0, 0.1) is 0 Å². The van der Waals surface area contributed by atoms with E-state index >= 15 is 0 Å². The van der Waals surface area contributed by atoms with Gasteiger partial charge in [0.1, 0.15) is 0 Å². The Morgan fingerprint density at radius 1 is 1.23 bits per heavy atom. The fourth-order valence-electron chi connectivity index (χ4n) is 2.12. The van der Waals surface area contributed by atoms with Gasteiger partial charge in [0.15, 0.2) is 11.5 Å². The second-order valence-corrected chi connectivity index (χ2v) is 5.09. The molecule has 0 spiro atoms. The fraction of sp³-hybridized carbons (Fsp3) is 0.625. The van der Waals surface area contributed by atoms with Gasteiger partial charge in [-0.3, -0.25) is 0 Å². The smallest absolute Gasteiger partial charge is 0.387 e. The Morgan fingerprint density at radius 2 is 1.91 bits per heavy atom. The zero-order chi connectivity index (χ0) is 16.6. The fourth-order valence-corrected chi connectivity index (χ4v) is 2.12. The van der Waals surface area contributed by atoms with Crippen molar-refractivity contribution in [2.24, 2.45) is 0 Å². The lowest BCUT2D eigenvalue weighted by Gasteiger charge is -2.25. The third-order valence-corrected chi connectivity index (χ3v) is 3.65. The minimum atomic E-state index is -2.91. The summed E-state index contributed by atoms with van der Waals surface area (Å²) in [5.74, 6) is 0.340. The summed E-state index contributed by atoms with van der Waals surface area (Å²) in [6.45, 7) is 3.74. The average molecular weight is 317 g/mol. The molecular formula is C16H25F2NO3. The molecule has 1 aromatic carbocycles. The Labute approximate surface area is 130 Å². The van der Waals surface area contributed by atoms with Crippen LogP contribution in [-0.2, 0) is 6.54 Å². The highest BCUT2D eigenvalue weighted by molar-refractivity contribution is 5.46. The zero-order valence-corrected chi connectivity index (χ0v) is 13.4. The van der Waals surface area contributed by atoms with Gasteiger partial charge in [0.2, 0.25) is 0 Å². The van der Waals surface area contributed by atoms with Crippen LogP contribution in [0.5, 0.6) is 11.5 Å². The SMILES string of the molecule is CCOc1cccc(CNCC(O)(CC)CC)c1OC(F)F. The number of halogens is 2. The van der Waals surface area contributed by atoms with Gasteiger partial charge in [0, 0.05) is 18.7 Å². The molecule has 0 aliphatic rings. The highest BCUT2D eigenvalue weighted by atomic mass is 19.3. The van der Waals surface area contributed by atoms with E-state index in [1.807, 2.05) is 13.8 Å². The largest absolute Gasteiger partial charge is 0.490 e. The van der Waals surface area contributed by atoms with Crippen LogP contribution in [0.2, 0.25) is 0 Å². The summed E-state index contributed by atoms with van der Waals surface area (Å²) in [5, 5.41) is 13.3. The molecule has 0 fully saturated rings. The topological polar surface area (TPSA) is 50.7 Å². The van der Waals surface area contributed by atoms with Gasteiger partial charge in [-0.2, -0.15) is 8.78 Å². The van der Waals surface area contributed by atoms with Crippen LogP contribution >= 0.6 is 0 Å². The first-order chi connectivity index (χ1) is 10.5. The van der Waals surface area contributed by atoms with E-state index in [2.05, 4.69) is 10.1 Å². The lowest BCUT2D eigenvalue weighted by molar-refractivity contribution is -0.0522. The number of hydrogen-bond donors (Lipinski definition) is 2. The van der Waals surface area contributed by atoms with Gasteiger partial charge in [-0.25, -0.2) is 0 Å². The summed E-state index contributed by atoms with van der Waals surface area (Å²) in [7, 11) is 0. The van der Waals surface area contributed by atoms with Gasteiger partial charge in [0.25, 0.3) is 0 Å². The van der Waals surface area contributed by atoms with Crippen LogP contribution in [-0.4, -0.2) is 30.5 Å². The Balaban J connectivity index is 2.82. The van der Waals surface area contributed by atoms with Crippen LogP contribution < -0.4 is 14.8 Å². The molecular weight excluding hydrogens is 292 g/mol. The van der Waals surface area contributed by atoms with E-state index in [1.54, 1.807) is 25.1 Å². The number of aliphatic hydroxyl groups is 1. The maximum absolute atomic E-state index is 12.6. The van der Waals surface area contributed by atoms with E-state index in [-0.39, 0.29) is 5.75 Å². The van der Waals surface area contributed by atoms with Gasteiger partial charge in [0.05, 0.1) is 12.2 Å². The minimum Gasteiger partial charge on any atom is -0.490 e. The Hall–Kier alpha value is -1.40. The normalized spacial score (nSPS) is 11.8. The predicted octanol–water partition coefficient (Wildman–Crippen LogP) is 3.33. The molecule has 1 rings (SSSR count). The highest BCUT2D eigenvalue weighted by Crippen LogP contribution is 2.32. The van der Waals surface area contributed by atoms with Crippen molar-refractivity contribution in [3.8, 4) is 11.5 Å². The monoisotopic (exact) mass is 317 g/mol. The predicted molar refractivity (Wildman–Crippen MR) is 81.5 cm³/mol. The first-order valence-corrected chi connectivity index (χ1v) is 7.58. The van der Waals surface area contributed by atoms with Gasteiger partial charge in [-0.05, 0) is 25.8 Å². The second kappa shape index (κ2) is 8.90. The first-order valence-electron chi connectivity index (χ1n) is 7.58. The molecule has 0 saturated heterocycles. The van der Waals surface area contributed by atoms with Crippen molar-refractivity contribution in [1.82, 2.24) is 5.32 Å². The molecule has 22 heavy (non-hydrogen) atoms. The average Bonchev–Trinajstić information content (AvgIpc) is 2.49. The molecule has 0 unspecified atom stereocenters. The number of nitrogens with one attached hydrogen (secondary N) is 1. The maximum atomic E-state index is 12.6. The summed E-state index contributed by atoms with van der Waals surface area (Å²) >= 11 is 0. The molecule has 0 atom stereocenters. The maximum Gasteiger partial charge on any atom is 0.387 e. The molecule has 0 bridgehead atoms. The van der Waals surface area contributed by atoms with Gasteiger partial charge >= 0.3 is 6.61 Å². The van der Waals surface area contributed by atoms with E-state index in [4.69, 9.17) is 4.74 Å². The van der Waals surface area contributed by atoms with Crippen LogP contribution in [0.4, 0.5) is 8.78 Å². The molecule has 1 aromatic rings. The van der Waals surface area contributed by atoms with Crippen molar-refractivity contribution < 1.29 is 23.4 Å². The molecule has 0 aliphatic heterocycles. The third kappa shape index (κ3) is 5.42. The number of alkyl halides is 2. The van der Waals surface area contributed by atoms with E-state index in [1.165, 1.54) is 0 Å². The van der Waals surface area contributed by atoms with Crippen LogP contribution in [0.3, 0.4) is 0 Å². The summed E-state index contributed by atoms with van der Waals surface area (Å²) in [4.78, 5) is 0. The van der Waals surface area contributed by atoms with Crippen molar-refractivity contribution in [2.75, 3.05) is 13.2 Å². The molecule has 0 amide bonds. The lowest BCUT2D eigenvalue weighted by atomic mass is 9.97. The van der Waals surface area contributed by atoms with E-state index < -0.39 is 12.2 Å². The van der Waals surface area contributed by atoms with Gasteiger partial charge < -0.3 is 19.9 Å². The second-order valence-electron chi connectivity index (χ2n) is 5.09. The standard InChI is InChI=1S/C16H25F2NO3/c1-4-16(20,5-2)11-19-10-12-8-7-9-13(21-6-3)14(12)22-15(17)18/h7-9,15,19-20H,4-6,10-11H2,1-3H3. The number of para-hydroxylation sites is 1. The minimum absolute atomic E-state index is 0.0448. The molecule has 2 N–H and O–H groups in total. The summed E-state index contributed by atoms with van der Waals surface area (Å²) in [6, 6.07) is 5.02. The molecule has 0 radical (unpaired) electrons. The van der Waals surface area contributed by atoms with Gasteiger partial charge in [-0.15, -0.1) is 0 Å². The molecule has 0 aliphatic carbocycles. The zero-order valence-electron chi connectivity index (χ0n) is 13.4. The molecule has 126 valence electrons. The van der Waals surface area contributed by atoms with Crippen LogP contribution in [0.1, 0.15) is 39.2 Å². The molecule has 0 heterocycles. The van der Waals surface area contributed by atoms with Crippen molar-refractivity contribution in [1.29, 1.82) is 0 Å². The Morgan fingerprint density at radius 3 is 2.45 bits per heavy atom. The number of hydrogen-bond acceptors (Lipinski definition) is 4. The summed E-state index contributed by atoms with van der Waals surface area (Å²) in [5.41, 5.74) is -0.220. The van der Waals surface area contributed by atoms with Crippen molar-refractivity contribution >= 4 is 0 Å². The Kier molecular flexibility index (Phi) is 7.55. The lowest BCUT2D eigenvalue weighted by Crippen LogP contribution is -2.39. The quantitative estimate of drug-likeness (QED) is 0.695. The number of benzene rings is 1. The van der Waals surface area contributed by atoms with Crippen molar-refractivity contribution in [3.63, 3.8) is 0 Å². The Bertz CT molecular complexity index is 451. The van der Waals surface area contributed by atoms with Crippen LogP contribution in [0.25, 0.3) is 0 Å². The van der Waals surface area contributed by atoms with Crippen LogP contribution in [0.15, 0.2) is 18.2 Å². The highest BCUT2D eigenvalue weighted by Gasteiger charge is 2.22. The summed E-state index contributed by atoms with van der Waals surface area (Å²) in [6.07, 6.45) is 1.24. The number of ether oxygens (including phenoxy) is 2. The first kappa shape index (κ1) is 18.6. The molecule has 4 nitrogen and oxygen atoms in total. The van der Waals surface area contributed by atoms with E-state index in [9.17, 15) is 13.9 Å².